The highest BCUT2D eigenvalue weighted by molar-refractivity contribution is 7.89. The van der Waals surface area contributed by atoms with E-state index in [0.717, 1.165) is 5.56 Å². The predicted octanol–water partition coefficient (Wildman–Crippen LogP) is 1.43. The van der Waals surface area contributed by atoms with E-state index in [4.69, 9.17) is 5.14 Å². The molecular formula is C20H20N4O4S. The van der Waals surface area contributed by atoms with Crippen LogP contribution in [0.5, 0.6) is 0 Å². The van der Waals surface area contributed by atoms with Gasteiger partial charge in [0.25, 0.3) is 11.5 Å². The van der Waals surface area contributed by atoms with Crippen LogP contribution in [-0.4, -0.2) is 24.1 Å². The van der Waals surface area contributed by atoms with Crippen molar-refractivity contribution in [2.24, 2.45) is 5.14 Å². The Morgan fingerprint density at radius 1 is 1.07 bits per heavy atom. The monoisotopic (exact) mass is 412 g/mol. The van der Waals surface area contributed by atoms with Gasteiger partial charge in [0, 0.05) is 6.07 Å². The Bertz CT molecular complexity index is 1170. The number of amides is 1. The molecule has 1 amide bonds. The van der Waals surface area contributed by atoms with Gasteiger partial charge in [-0.1, -0.05) is 42.5 Å². The molecule has 0 bridgehead atoms. The molecule has 1 unspecified atom stereocenters. The van der Waals surface area contributed by atoms with Gasteiger partial charge in [0.15, 0.2) is 0 Å². The summed E-state index contributed by atoms with van der Waals surface area (Å²) < 4.78 is 23.9. The van der Waals surface area contributed by atoms with E-state index in [0.29, 0.717) is 5.56 Å². The van der Waals surface area contributed by atoms with Gasteiger partial charge < -0.3 is 5.32 Å². The van der Waals surface area contributed by atoms with E-state index in [-0.39, 0.29) is 22.7 Å². The second-order valence-corrected chi connectivity index (χ2v) is 8.07. The number of sulfonamides is 1. The van der Waals surface area contributed by atoms with Crippen LogP contribution >= 0.6 is 0 Å². The molecule has 3 rings (SSSR count). The Labute approximate surface area is 168 Å². The van der Waals surface area contributed by atoms with E-state index in [1.165, 1.54) is 28.9 Å². The zero-order valence-electron chi connectivity index (χ0n) is 15.6. The summed E-state index contributed by atoms with van der Waals surface area (Å²) in [5.41, 5.74) is 1.39. The average molecular weight is 412 g/mol. The van der Waals surface area contributed by atoms with Gasteiger partial charge in [-0.25, -0.2) is 18.2 Å². The molecule has 8 nitrogen and oxygen atoms in total. The summed E-state index contributed by atoms with van der Waals surface area (Å²) >= 11 is 0. The number of carbonyl (C=O) groups excluding carboxylic acids is 1. The second kappa shape index (κ2) is 8.38. The second-order valence-electron chi connectivity index (χ2n) is 6.51. The Balaban J connectivity index is 1.75. The van der Waals surface area contributed by atoms with Crippen LogP contribution in [0.15, 0.2) is 76.4 Å². The lowest BCUT2D eigenvalue weighted by molar-refractivity contribution is 0.0932. The molecule has 0 saturated heterocycles. The lowest BCUT2D eigenvalue weighted by atomic mass is 10.1. The van der Waals surface area contributed by atoms with Crippen molar-refractivity contribution in [2.45, 2.75) is 24.4 Å². The molecule has 9 heteroatoms. The summed E-state index contributed by atoms with van der Waals surface area (Å²) in [7, 11) is -3.78. The fraction of sp³-hybridized carbons (Fsp3) is 0.150. The van der Waals surface area contributed by atoms with Crippen LogP contribution in [0, 0.1) is 0 Å². The zero-order chi connectivity index (χ0) is 21.0. The van der Waals surface area contributed by atoms with Crippen LogP contribution in [0.25, 0.3) is 0 Å². The molecule has 1 atom stereocenters. The molecule has 0 aliphatic carbocycles. The van der Waals surface area contributed by atoms with Gasteiger partial charge in [-0.3, -0.25) is 9.59 Å². The molecule has 3 N–H and O–H groups in total. The van der Waals surface area contributed by atoms with Gasteiger partial charge in [0.05, 0.1) is 17.5 Å². The number of benzene rings is 2. The van der Waals surface area contributed by atoms with Crippen molar-refractivity contribution < 1.29 is 13.2 Å². The van der Waals surface area contributed by atoms with Gasteiger partial charge in [-0.05, 0) is 36.2 Å². The van der Waals surface area contributed by atoms with E-state index in [2.05, 4.69) is 10.4 Å². The molecule has 1 heterocycles. The highest BCUT2D eigenvalue weighted by atomic mass is 32.2. The average Bonchev–Trinajstić information content (AvgIpc) is 2.70. The summed E-state index contributed by atoms with van der Waals surface area (Å²) in [6.07, 6.45) is 0. The fourth-order valence-electron chi connectivity index (χ4n) is 2.74. The third-order valence-corrected chi connectivity index (χ3v) is 5.26. The van der Waals surface area contributed by atoms with Crippen LogP contribution < -0.4 is 16.0 Å². The van der Waals surface area contributed by atoms with Crippen LogP contribution in [0.4, 0.5) is 0 Å². The third kappa shape index (κ3) is 5.15. The Hall–Kier alpha value is -3.30. The lowest BCUT2D eigenvalue weighted by Gasteiger charge is -2.15. The molecule has 2 aromatic carbocycles. The number of carbonyl (C=O) groups is 1. The molecule has 0 fully saturated rings. The molecule has 0 radical (unpaired) electrons. The molecular weight excluding hydrogens is 392 g/mol. The molecule has 0 spiro atoms. The van der Waals surface area contributed by atoms with E-state index < -0.39 is 22.0 Å². The zero-order valence-corrected chi connectivity index (χ0v) is 16.5. The number of nitrogens with zero attached hydrogens (tertiary/aromatic N) is 2. The minimum Gasteiger partial charge on any atom is -0.344 e. The summed E-state index contributed by atoms with van der Waals surface area (Å²) in [5.74, 6) is -0.449. The van der Waals surface area contributed by atoms with Crippen LogP contribution in [-0.2, 0) is 16.6 Å². The van der Waals surface area contributed by atoms with Gasteiger partial charge in [-0.15, -0.1) is 0 Å². The van der Waals surface area contributed by atoms with Crippen molar-refractivity contribution in [3.8, 4) is 0 Å². The first kappa shape index (κ1) is 20.4. The maximum absolute atomic E-state index is 12.6. The van der Waals surface area contributed by atoms with Crippen molar-refractivity contribution in [3.05, 3.63) is 93.9 Å². The Kier molecular flexibility index (Phi) is 5.90. The molecule has 150 valence electrons. The molecule has 29 heavy (non-hydrogen) atoms. The Morgan fingerprint density at radius 2 is 1.72 bits per heavy atom. The first-order valence-corrected chi connectivity index (χ1v) is 10.3. The Morgan fingerprint density at radius 3 is 2.34 bits per heavy atom. The molecule has 1 aromatic heterocycles. The van der Waals surface area contributed by atoms with Crippen LogP contribution in [0.1, 0.15) is 34.6 Å². The number of rotatable bonds is 6. The normalized spacial score (nSPS) is 12.3. The van der Waals surface area contributed by atoms with Gasteiger partial charge in [-0.2, -0.15) is 5.10 Å². The van der Waals surface area contributed by atoms with Crippen molar-refractivity contribution in [1.82, 2.24) is 15.1 Å². The molecule has 0 aliphatic heterocycles. The van der Waals surface area contributed by atoms with Crippen molar-refractivity contribution in [1.29, 1.82) is 0 Å². The minimum absolute atomic E-state index is 0.00516. The summed E-state index contributed by atoms with van der Waals surface area (Å²) in [5, 5.41) is 12.0. The first-order valence-electron chi connectivity index (χ1n) is 8.80. The number of hydrogen-bond donors (Lipinski definition) is 2. The summed E-state index contributed by atoms with van der Waals surface area (Å²) in [6.45, 7) is 2.01. The number of nitrogens with one attached hydrogen (secondary N) is 1. The van der Waals surface area contributed by atoms with Gasteiger partial charge in [0.2, 0.25) is 10.0 Å². The van der Waals surface area contributed by atoms with Crippen molar-refractivity contribution in [3.63, 3.8) is 0 Å². The smallest absolute Gasteiger partial charge is 0.272 e. The van der Waals surface area contributed by atoms with Crippen LogP contribution in [0.3, 0.4) is 0 Å². The quantitative estimate of drug-likeness (QED) is 0.634. The molecule has 0 aliphatic rings. The number of primary sulfonamides is 1. The van der Waals surface area contributed by atoms with E-state index >= 15 is 0 Å². The summed E-state index contributed by atoms with van der Waals surface area (Å²) in [6, 6.07) is 17.5. The number of nitrogens with two attached hydrogens (primary N) is 1. The highest BCUT2D eigenvalue weighted by Crippen LogP contribution is 2.16. The standard InChI is InChI=1S/C20H20N4O4S/c1-14(16-7-9-17(10-8-16)29(21,27)28)22-20(26)18-11-12-19(25)24(23-18)13-15-5-3-2-4-6-15/h2-12,14H,13H2,1H3,(H,22,26)(H2,21,27,28). The maximum atomic E-state index is 12.6. The largest absolute Gasteiger partial charge is 0.344 e. The van der Waals surface area contributed by atoms with Gasteiger partial charge in [0.1, 0.15) is 5.69 Å². The topological polar surface area (TPSA) is 124 Å². The first-order chi connectivity index (χ1) is 13.7. The SMILES string of the molecule is CC(NC(=O)c1ccc(=O)n(Cc2ccccc2)n1)c1ccc(S(N)(=O)=O)cc1. The fourth-order valence-corrected chi connectivity index (χ4v) is 3.26. The van der Waals surface area contributed by atoms with E-state index in [1.807, 2.05) is 30.3 Å². The van der Waals surface area contributed by atoms with Crippen molar-refractivity contribution >= 4 is 15.9 Å². The van der Waals surface area contributed by atoms with E-state index in [9.17, 15) is 18.0 Å². The molecule has 3 aromatic rings. The molecule has 0 saturated carbocycles. The predicted molar refractivity (Wildman–Crippen MR) is 108 cm³/mol. The third-order valence-electron chi connectivity index (χ3n) is 4.33. The minimum atomic E-state index is -3.78. The summed E-state index contributed by atoms with van der Waals surface area (Å²) in [4.78, 5) is 24.6. The number of hydrogen-bond acceptors (Lipinski definition) is 5. The van der Waals surface area contributed by atoms with Crippen LogP contribution in [0.2, 0.25) is 0 Å². The maximum Gasteiger partial charge on any atom is 0.272 e. The van der Waals surface area contributed by atoms with Gasteiger partial charge >= 0.3 is 0 Å². The lowest BCUT2D eigenvalue weighted by Crippen LogP contribution is -2.31. The number of aromatic nitrogens is 2. The van der Waals surface area contributed by atoms with E-state index in [1.54, 1.807) is 19.1 Å². The highest BCUT2D eigenvalue weighted by Gasteiger charge is 2.15. The van der Waals surface area contributed by atoms with Crippen molar-refractivity contribution in [2.75, 3.05) is 0 Å².